The third-order valence-corrected chi connectivity index (χ3v) is 2.88. The molecule has 0 aliphatic rings. The number of aromatic nitrogens is 1. The zero-order valence-corrected chi connectivity index (χ0v) is 11.1. The molecule has 0 fully saturated rings. The molecule has 0 saturated carbocycles. The average Bonchev–Trinajstić information content (AvgIpc) is 2.35. The second-order valence-electron chi connectivity index (χ2n) is 4.46. The molecule has 1 rings (SSSR count). The summed E-state index contributed by atoms with van der Waals surface area (Å²) in [4.78, 5) is 4.38. The van der Waals surface area contributed by atoms with Gasteiger partial charge in [0.05, 0.1) is 0 Å². The van der Waals surface area contributed by atoms with E-state index >= 15 is 0 Å². The van der Waals surface area contributed by atoms with Gasteiger partial charge in [0.25, 0.3) is 0 Å². The summed E-state index contributed by atoms with van der Waals surface area (Å²) in [5, 5.41) is 3.59. The van der Waals surface area contributed by atoms with E-state index in [9.17, 15) is 0 Å². The fraction of sp³-hybridized carbons (Fsp3) is 0.533. The van der Waals surface area contributed by atoms with Crippen molar-refractivity contribution >= 4 is 0 Å². The molecular formula is C15H24N2. The topological polar surface area (TPSA) is 24.9 Å². The van der Waals surface area contributed by atoms with Crippen LogP contribution in [0.15, 0.2) is 31.0 Å². The normalized spacial score (nSPS) is 12.4. The summed E-state index contributed by atoms with van der Waals surface area (Å²) in [6.07, 6.45) is 8.57. The Morgan fingerprint density at radius 3 is 2.88 bits per heavy atom. The van der Waals surface area contributed by atoms with Crippen LogP contribution < -0.4 is 5.32 Å². The molecule has 1 N–H and O–H groups in total. The zero-order chi connectivity index (χ0) is 12.5. The number of allylic oxidation sites excluding steroid dienone is 1. The first-order valence-electron chi connectivity index (χ1n) is 6.54. The Labute approximate surface area is 105 Å². The number of nitrogens with one attached hydrogen (secondary N) is 1. The summed E-state index contributed by atoms with van der Waals surface area (Å²) in [5.74, 6) is 0. The fourth-order valence-electron chi connectivity index (χ4n) is 1.86. The quantitative estimate of drug-likeness (QED) is 0.545. The number of hydrogen-bond donors (Lipinski definition) is 1. The van der Waals surface area contributed by atoms with E-state index in [1.807, 2.05) is 19.2 Å². The Morgan fingerprint density at radius 1 is 1.47 bits per heavy atom. The van der Waals surface area contributed by atoms with Gasteiger partial charge in [0, 0.05) is 17.9 Å². The molecule has 2 heteroatoms. The number of pyridine rings is 1. The van der Waals surface area contributed by atoms with Crippen LogP contribution in [0.4, 0.5) is 0 Å². The van der Waals surface area contributed by atoms with Crippen molar-refractivity contribution in [1.29, 1.82) is 0 Å². The third-order valence-electron chi connectivity index (χ3n) is 2.88. The van der Waals surface area contributed by atoms with Gasteiger partial charge in [-0.05, 0) is 50.8 Å². The van der Waals surface area contributed by atoms with Gasteiger partial charge >= 0.3 is 0 Å². The maximum Gasteiger partial charge on any atom is 0.0372 e. The van der Waals surface area contributed by atoms with E-state index < -0.39 is 0 Å². The lowest BCUT2D eigenvalue weighted by molar-refractivity contribution is 0.485. The molecule has 1 aromatic heterocycles. The van der Waals surface area contributed by atoms with Crippen LogP contribution in [-0.4, -0.2) is 11.5 Å². The molecule has 0 aliphatic carbocycles. The molecule has 1 aromatic rings. The van der Waals surface area contributed by atoms with Crippen LogP contribution in [0.3, 0.4) is 0 Å². The monoisotopic (exact) mass is 232 g/mol. The van der Waals surface area contributed by atoms with Gasteiger partial charge in [0.2, 0.25) is 0 Å². The molecule has 0 bridgehead atoms. The predicted octanol–water partition coefficient (Wildman–Crippen LogP) is 3.79. The van der Waals surface area contributed by atoms with Gasteiger partial charge in [-0.25, -0.2) is 0 Å². The van der Waals surface area contributed by atoms with E-state index in [1.165, 1.54) is 12.0 Å². The third kappa shape index (κ3) is 5.14. The first-order valence-corrected chi connectivity index (χ1v) is 6.54. The van der Waals surface area contributed by atoms with Crippen LogP contribution in [0.1, 0.15) is 49.9 Å². The van der Waals surface area contributed by atoms with Crippen molar-refractivity contribution < 1.29 is 0 Å². The largest absolute Gasteiger partial charge is 0.310 e. The van der Waals surface area contributed by atoms with Crippen molar-refractivity contribution in [3.05, 3.63) is 42.2 Å². The van der Waals surface area contributed by atoms with Gasteiger partial charge in [0.1, 0.15) is 0 Å². The number of nitrogens with zero attached hydrogens (tertiary/aromatic N) is 1. The highest BCUT2D eigenvalue weighted by atomic mass is 14.9. The zero-order valence-electron chi connectivity index (χ0n) is 11.1. The summed E-state index contributed by atoms with van der Waals surface area (Å²) in [7, 11) is 0. The molecule has 1 heterocycles. The average molecular weight is 232 g/mol. The molecule has 17 heavy (non-hydrogen) atoms. The molecule has 0 amide bonds. The highest BCUT2D eigenvalue weighted by Crippen LogP contribution is 2.19. The molecular weight excluding hydrogens is 208 g/mol. The van der Waals surface area contributed by atoms with Crippen molar-refractivity contribution in [2.75, 3.05) is 6.54 Å². The Kier molecular flexibility index (Phi) is 6.56. The van der Waals surface area contributed by atoms with Crippen molar-refractivity contribution in [2.45, 2.75) is 45.6 Å². The molecule has 94 valence electrons. The van der Waals surface area contributed by atoms with Gasteiger partial charge in [-0.15, -0.1) is 6.58 Å². The van der Waals surface area contributed by atoms with Crippen LogP contribution in [0, 0.1) is 6.92 Å². The Bertz CT molecular complexity index is 316. The van der Waals surface area contributed by atoms with Crippen molar-refractivity contribution in [3.63, 3.8) is 0 Å². The van der Waals surface area contributed by atoms with E-state index in [0.29, 0.717) is 6.04 Å². The lowest BCUT2D eigenvalue weighted by atomic mass is 10.0. The molecule has 2 nitrogen and oxygen atoms in total. The molecule has 0 spiro atoms. The smallest absolute Gasteiger partial charge is 0.0372 e. The van der Waals surface area contributed by atoms with E-state index in [1.54, 1.807) is 0 Å². The minimum Gasteiger partial charge on any atom is -0.310 e. The highest BCUT2D eigenvalue weighted by molar-refractivity contribution is 5.17. The van der Waals surface area contributed by atoms with Crippen LogP contribution in [0.5, 0.6) is 0 Å². The number of hydrogen-bond acceptors (Lipinski definition) is 2. The molecule has 0 saturated heterocycles. The lowest BCUT2D eigenvalue weighted by Crippen LogP contribution is -2.22. The van der Waals surface area contributed by atoms with Crippen LogP contribution in [0.25, 0.3) is 0 Å². The van der Waals surface area contributed by atoms with Gasteiger partial charge in [-0.1, -0.05) is 19.1 Å². The second kappa shape index (κ2) is 8.02. The van der Waals surface area contributed by atoms with Crippen LogP contribution >= 0.6 is 0 Å². The van der Waals surface area contributed by atoms with Gasteiger partial charge < -0.3 is 5.32 Å². The molecule has 1 unspecified atom stereocenters. The molecule has 0 aromatic carbocycles. The lowest BCUT2D eigenvalue weighted by Gasteiger charge is -2.18. The predicted molar refractivity (Wildman–Crippen MR) is 74.1 cm³/mol. The Hall–Kier alpha value is -1.15. The summed E-state index contributed by atoms with van der Waals surface area (Å²) < 4.78 is 0. The van der Waals surface area contributed by atoms with Gasteiger partial charge in [-0.2, -0.15) is 0 Å². The maximum absolute atomic E-state index is 4.38. The maximum atomic E-state index is 4.38. The Balaban J connectivity index is 2.60. The van der Waals surface area contributed by atoms with E-state index in [0.717, 1.165) is 31.5 Å². The fourth-order valence-corrected chi connectivity index (χ4v) is 1.86. The van der Waals surface area contributed by atoms with Crippen molar-refractivity contribution in [3.8, 4) is 0 Å². The molecule has 0 aliphatic heterocycles. The van der Waals surface area contributed by atoms with Crippen LogP contribution in [0.2, 0.25) is 0 Å². The van der Waals surface area contributed by atoms with E-state index in [-0.39, 0.29) is 0 Å². The second-order valence-corrected chi connectivity index (χ2v) is 4.46. The van der Waals surface area contributed by atoms with E-state index in [2.05, 4.69) is 35.9 Å². The van der Waals surface area contributed by atoms with Crippen LogP contribution in [-0.2, 0) is 0 Å². The number of aryl methyl sites for hydroxylation is 1. The Morgan fingerprint density at radius 2 is 2.29 bits per heavy atom. The van der Waals surface area contributed by atoms with Crippen molar-refractivity contribution in [1.82, 2.24) is 10.3 Å². The summed E-state index contributed by atoms with van der Waals surface area (Å²) in [5.41, 5.74) is 2.38. The molecule has 1 atom stereocenters. The number of unbranched alkanes of at least 4 members (excludes halogenated alkanes) is 1. The summed E-state index contributed by atoms with van der Waals surface area (Å²) >= 11 is 0. The van der Waals surface area contributed by atoms with Gasteiger partial charge in [-0.3, -0.25) is 4.98 Å². The first kappa shape index (κ1) is 13.9. The minimum absolute atomic E-state index is 0.433. The summed E-state index contributed by atoms with van der Waals surface area (Å²) in [6, 6.07) is 4.70. The van der Waals surface area contributed by atoms with E-state index in [4.69, 9.17) is 0 Å². The number of rotatable bonds is 8. The molecule has 0 radical (unpaired) electrons. The highest BCUT2D eigenvalue weighted by Gasteiger charge is 2.09. The van der Waals surface area contributed by atoms with Crippen molar-refractivity contribution in [2.24, 2.45) is 0 Å². The standard InChI is InChI=1S/C15H24N2/c1-4-6-7-8-15(16-11-5-2)14-10-9-13(3)17-12-14/h4,9-10,12,15-16H,1,5-8,11H2,2-3H3. The summed E-state index contributed by atoms with van der Waals surface area (Å²) in [6.45, 7) is 9.05. The first-order chi connectivity index (χ1) is 8.27. The van der Waals surface area contributed by atoms with Gasteiger partial charge in [0.15, 0.2) is 0 Å². The minimum atomic E-state index is 0.433. The SMILES string of the molecule is C=CCCCC(NCCC)c1ccc(C)nc1.